The molecule has 0 aromatic heterocycles. The maximum Gasteiger partial charge on any atom is 0.0447 e. The highest BCUT2D eigenvalue weighted by Crippen LogP contribution is 2.43. The second-order valence-corrected chi connectivity index (χ2v) is 4.46. The fourth-order valence-electron chi connectivity index (χ4n) is 2.73. The third kappa shape index (κ3) is 1.45. The Morgan fingerprint density at radius 2 is 1.41 bits per heavy atom. The van der Waals surface area contributed by atoms with Gasteiger partial charge in [0.15, 0.2) is 0 Å². The second-order valence-electron chi connectivity index (χ2n) is 4.46. The van der Waals surface area contributed by atoms with E-state index in [1.807, 2.05) is 0 Å². The molecule has 0 bridgehead atoms. The Balaban J connectivity index is 2.25. The van der Waals surface area contributed by atoms with Crippen LogP contribution >= 0.6 is 0 Å². The molecular formula is C15H16N2. The molecule has 0 radical (unpaired) electrons. The lowest BCUT2D eigenvalue weighted by atomic mass is 9.85. The molecule has 2 aromatic carbocycles. The van der Waals surface area contributed by atoms with Gasteiger partial charge in [-0.25, -0.2) is 0 Å². The number of anilines is 2. The number of para-hydroxylation sites is 2. The molecule has 0 atom stereocenters. The van der Waals surface area contributed by atoms with Crippen LogP contribution in [0.25, 0.3) is 0 Å². The van der Waals surface area contributed by atoms with Crippen molar-refractivity contribution < 1.29 is 0 Å². The van der Waals surface area contributed by atoms with Gasteiger partial charge in [-0.2, -0.15) is 0 Å². The van der Waals surface area contributed by atoms with Gasteiger partial charge in [0.2, 0.25) is 0 Å². The largest absolute Gasteiger partial charge is 0.344 e. The van der Waals surface area contributed by atoms with Crippen LogP contribution in [0.2, 0.25) is 0 Å². The van der Waals surface area contributed by atoms with Crippen molar-refractivity contribution in [1.82, 2.24) is 0 Å². The standard InChI is InChI=1S/C15H16N2/c1-17-14-8-4-2-6-11(14)13(10-16)12-7-3-5-9-15(12)17/h2-9,13H,10,16H2,1H3. The van der Waals surface area contributed by atoms with Gasteiger partial charge in [-0.05, 0) is 23.3 Å². The summed E-state index contributed by atoms with van der Waals surface area (Å²) in [6, 6.07) is 17.0. The van der Waals surface area contributed by atoms with Crippen LogP contribution in [0.3, 0.4) is 0 Å². The highest BCUT2D eigenvalue weighted by atomic mass is 15.1. The second kappa shape index (κ2) is 3.90. The molecule has 0 saturated heterocycles. The molecule has 86 valence electrons. The normalized spacial score (nSPS) is 14.4. The van der Waals surface area contributed by atoms with Gasteiger partial charge in [-0.1, -0.05) is 36.4 Å². The van der Waals surface area contributed by atoms with Crippen LogP contribution in [0.15, 0.2) is 48.5 Å². The number of nitrogens with two attached hydrogens (primary N) is 1. The van der Waals surface area contributed by atoms with Crippen LogP contribution in [0.1, 0.15) is 17.0 Å². The van der Waals surface area contributed by atoms with E-state index in [1.165, 1.54) is 22.5 Å². The van der Waals surface area contributed by atoms with Crippen LogP contribution in [-0.2, 0) is 0 Å². The molecule has 2 aromatic rings. The van der Waals surface area contributed by atoms with E-state index in [4.69, 9.17) is 5.73 Å². The van der Waals surface area contributed by atoms with Crippen LogP contribution < -0.4 is 10.6 Å². The quantitative estimate of drug-likeness (QED) is 0.807. The maximum absolute atomic E-state index is 5.96. The van der Waals surface area contributed by atoms with Gasteiger partial charge < -0.3 is 10.6 Å². The predicted molar refractivity (Wildman–Crippen MR) is 71.8 cm³/mol. The average Bonchev–Trinajstić information content (AvgIpc) is 2.40. The highest BCUT2D eigenvalue weighted by molar-refractivity contribution is 5.75. The molecule has 1 aliphatic heterocycles. The lowest BCUT2D eigenvalue weighted by Crippen LogP contribution is -2.25. The first-order chi connectivity index (χ1) is 8.33. The van der Waals surface area contributed by atoms with Gasteiger partial charge in [0.25, 0.3) is 0 Å². The summed E-state index contributed by atoms with van der Waals surface area (Å²) in [5.41, 5.74) is 11.2. The molecule has 0 fully saturated rings. The van der Waals surface area contributed by atoms with Crippen LogP contribution in [0, 0.1) is 0 Å². The molecule has 0 aliphatic carbocycles. The summed E-state index contributed by atoms with van der Waals surface area (Å²) >= 11 is 0. The number of fused-ring (bicyclic) bond motifs is 2. The summed E-state index contributed by atoms with van der Waals surface area (Å²) in [6.07, 6.45) is 0. The van der Waals surface area contributed by atoms with Crippen molar-refractivity contribution in [1.29, 1.82) is 0 Å². The lowest BCUT2D eigenvalue weighted by Gasteiger charge is -2.34. The molecule has 1 aliphatic rings. The van der Waals surface area contributed by atoms with Gasteiger partial charge >= 0.3 is 0 Å². The Morgan fingerprint density at radius 1 is 0.941 bits per heavy atom. The van der Waals surface area contributed by atoms with Gasteiger partial charge in [0.05, 0.1) is 0 Å². The van der Waals surface area contributed by atoms with Crippen LogP contribution in [0.4, 0.5) is 11.4 Å². The molecule has 17 heavy (non-hydrogen) atoms. The van der Waals surface area contributed by atoms with Crippen molar-refractivity contribution in [3.05, 3.63) is 59.7 Å². The summed E-state index contributed by atoms with van der Waals surface area (Å²) in [4.78, 5) is 2.25. The lowest BCUT2D eigenvalue weighted by molar-refractivity contribution is 0.798. The van der Waals surface area contributed by atoms with Crippen molar-refractivity contribution in [2.24, 2.45) is 5.73 Å². The first-order valence-corrected chi connectivity index (χ1v) is 5.94. The molecular weight excluding hydrogens is 208 g/mol. The zero-order valence-corrected chi connectivity index (χ0v) is 9.93. The first kappa shape index (κ1) is 10.4. The topological polar surface area (TPSA) is 29.3 Å². The van der Waals surface area contributed by atoms with Crippen molar-refractivity contribution in [2.75, 3.05) is 18.5 Å². The minimum absolute atomic E-state index is 0.318. The van der Waals surface area contributed by atoms with Gasteiger partial charge in [-0.15, -0.1) is 0 Å². The predicted octanol–water partition coefficient (Wildman–Crippen LogP) is 2.86. The summed E-state index contributed by atoms with van der Waals surface area (Å²) in [5, 5.41) is 0. The molecule has 3 rings (SSSR count). The Labute approximate surface area is 102 Å². The Kier molecular flexibility index (Phi) is 2.37. The van der Waals surface area contributed by atoms with Gasteiger partial charge in [0.1, 0.15) is 0 Å². The summed E-state index contributed by atoms with van der Waals surface area (Å²) < 4.78 is 0. The molecule has 2 nitrogen and oxygen atoms in total. The smallest absolute Gasteiger partial charge is 0.0447 e. The third-order valence-corrected chi connectivity index (χ3v) is 3.58. The minimum atomic E-state index is 0.318. The number of rotatable bonds is 1. The van der Waals surface area contributed by atoms with E-state index >= 15 is 0 Å². The Hall–Kier alpha value is -1.80. The SMILES string of the molecule is CN1c2ccccc2C(CN)c2ccccc21. The number of benzene rings is 2. The molecule has 1 heterocycles. The fourth-order valence-corrected chi connectivity index (χ4v) is 2.73. The van der Waals surface area contributed by atoms with Gasteiger partial charge in [-0.3, -0.25) is 0 Å². The summed E-state index contributed by atoms with van der Waals surface area (Å²) in [6.45, 7) is 0.655. The first-order valence-electron chi connectivity index (χ1n) is 5.94. The van der Waals surface area contributed by atoms with Crippen molar-refractivity contribution >= 4 is 11.4 Å². The molecule has 0 spiro atoms. The molecule has 2 N–H and O–H groups in total. The summed E-state index contributed by atoms with van der Waals surface area (Å²) in [7, 11) is 2.12. The summed E-state index contributed by atoms with van der Waals surface area (Å²) in [5.74, 6) is 0.318. The zero-order chi connectivity index (χ0) is 11.8. The van der Waals surface area contributed by atoms with Crippen LogP contribution in [0.5, 0.6) is 0 Å². The van der Waals surface area contributed by atoms with Crippen LogP contribution in [-0.4, -0.2) is 13.6 Å². The minimum Gasteiger partial charge on any atom is -0.344 e. The van der Waals surface area contributed by atoms with Gasteiger partial charge in [0, 0.05) is 30.9 Å². The van der Waals surface area contributed by atoms with E-state index in [9.17, 15) is 0 Å². The average molecular weight is 224 g/mol. The number of hydrogen-bond acceptors (Lipinski definition) is 2. The van der Waals surface area contributed by atoms with E-state index in [1.54, 1.807) is 0 Å². The Morgan fingerprint density at radius 3 is 1.88 bits per heavy atom. The molecule has 2 heteroatoms. The highest BCUT2D eigenvalue weighted by Gasteiger charge is 2.26. The van der Waals surface area contributed by atoms with E-state index in [0.29, 0.717) is 12.5 Å². The van der Waals surface area contributed by atoms with E-state index < -0.39 is 0 Å². The number of nitrogens with zero attached hydrogens (tertiary/aromatic N) is 1. The molecule has 0 saturated carbocycles. The fraction of sp³-hybridized carbons (Fsp3) is 0.200. The zero-order valence-electron chi connectivity index (χ0n) is 9.93. The molecule has 0 amide bonds. The Bertz CT molecular complexity index is 501. The van der Waals surface area contributed by atoms with Crippen molar-refractivity contribution in [3.63, 3.8) is 0 Å². The van der Waals surface area contributed by atoms with Crippen molar-refractivity contribution in [2.45, 2.75) is 5.92 Å². The van der Waals surface area contributed by atoms with Crippen molar-refractivity contribution in [3.8, 4) is 0 Å². The van der Waals surface area contributed by atoms with E-state index in [2.05, 4.69) is 60.5 Å². The van der Waals surface area contributed by atoms with E-state index in [-0.39, 0.29) is 0 Å². The third-order valence-electron chi connectivity index (χ3n) is 3.58. The maximum atomic E-state index is 5.96. The van der Waals surface area contributed by atoms with E-state index in [0.717, 1.165) is 0 Å². The number of hydrogen-bond donors (Lipinski definition) is 1. The monoisotopic (exact) mass is 224 g/mol. The molecule has 0 unspecified atom stereocenters.